The van der Waals surface area contributed by atoms with Gasteiger partial charge in [0, 0.05) is 38.7 Å². The third kappa shape index (κ3) is 3.12. The van der Waals surface area contributed by atoms with Gasteiger partial charge < -0.3 is 5.32 Å². The lowest BCUT2D eigenvalue weighted by molar-refractivity contribution is 0.0955. The molecule has 0 aliphatic carbocycles. The van der Waals surface area contributed by atoms with Crippen LogP contribution in [0.3, 0.4) is 0 Å². The van der Waals surface area contributed by atoms with Crippen LogP contribution < -0.4 is 5.32 Å². The lowest BCUT2D eigenvalue weighted by Gasteiger charge is -2.32. The van der Waals surface area contributed by atoms with Crippen molar-refractivity contribution >= 4 is 11.6 Å². The van der Waals surface area contributed by atoms with Crippen molar-refractivity contribution < 1.29 is 4.79 Å². The van der Waals surface area contributed by atoms with E-state index in [0.29, 0.717) is 5.69 Å². The Labute approximate surface area is 145 Å². The zero-order chi connectivity index (χ0) is 17.2. The molecule has 1 atom stereocenters. The van der Waals surface area contributed by atoms with Gasteiger partial charge in [0.25, 0.3) is 5.91 Å². The van der Waals surface area contributed by atoms with Crippen molar-refractivity contribution in [2.75, 3.05) is 20.1 Å². The van der Waals surface area contributed by atoms with Crippen LogP contribution in [0.2, 0.25) is 0 Å². The van der Waals surface area contributed by atoms with Crippen LogP contribution in [0.25, 0.3) is 5.65 Å². The molecule has 4 heterocycles. The first-order valence-corrected chi connectivity index (χ1v) is 8.50. The Kier molecular flexibility index (Phi) is 4.19. The number of rotatable bonds is 4. The molecule has 0 unspecified atom stereocenters. The molecule has 0 spiro atoms. The Morgan fingerprint density at radius 1 is 1.36 bits per heavy atom. The fourth-order valence-corrected chi connectivity index (χ4v) is 3.42. The normalized spacial score (nSPS) is 18.5. The predicted octanol–water partition coefficient (Wildman–Crippen LogP) is 1.12. The number of carbonyl (C=O) groups is 1. The molecular formula is C17H21N7O. The molecule has 8 heteroatoms. The maximum Gasteiger partial charge on any atom is 0.271 e. The minimum absolute atomic E-state index is 0.147. The molecule has 4 rings (SSSR count). The summed E-state index contributed by atoms with van der Waals surface area (Å²) in [5.74, 6) is -0.147. The molecule has 0 radical (unpaired) electrons. The minimum Gasteiger partial charge on any atom is -0.354 e. The fraction of sp³-hybridized carbons (Fsp3) is 0.412. The van der Waals surface area contributed by atoms with Crippen molar-refractivity contribution in [2.45, 2.75) is 25.4 Å². The third-order valence-electron chi connectivity index (χ3n) is 4.70. The number of nitrogens with zero attached hydrogens (tertiary/aromatic N) is 6. The van der Waals surface area contributed by atoms with Gasteiger partial charge in [0.2, 0.25) is 0 Å². The smallest absolute Gasteiger partial charge is 0.271 e. The highest BCUT2D eigenvalue weighted by molar-refractivity contribution is 5.91. The molecule has 8 nitrogen and oxygen atoms in total. The van der Waals surface area contributed by atoms with E-state index in [2.05, 4.69) is 29.7 Å². The molecule has 0 saturated carbocycles. The number of hydrogen-bond acceptors (Lipinski definition) is 5. The molecule has 130 valence electrons. The third-order valence-corrected chi connectivity index (χ3v) is 4.70. The zero-order valence-electron chi connectivity index (χ0n) is 14.2. The van der Waals surface area contributed by atoms with E-state index in [1.54, 1.807) is 25.5 Å². The first kappa shape index (κ1) is 15.8. The molecule has 1 aliphatic rings. The Morgan fingerprint density at radius 3 is 3.16 bits per heavy atom. The van der Waals surface area contributed by atoms with Crippen LogP contribution in [-0.2, 0) is 6.54 Å². The van der Waals surface area contributed by atoms with Crippen molar-refractivity contribution in [3.8, 4) is 0 Å². The van der Waals surface area contributed by atoms with Crippen LogP contribution in [0.5, 0.6) is 0 Å². The van der Waals surface area contributed by atoms with E-state index in [1.165, 1.54) is 0 Å². The Bertz CT molecular complexity index is 884. The second-order valence-corrected chi connectivity index (χ2v) is 6.35. The van der Waals surface area contributed by atoms with Crippen molar-refractivity contribution in [2.24, 2.45) is 0 Å². The number of hydrogen-bond donors (Lipinski definition) is 1. The SMILES string of the molecule is CNC(=O)c1ccn([C@@H]2CCCN(Cc3cnc4cnccn34)C2)n1. The average Bonchev–Trinajstić information content (AvgIpc) is 3.29. The average molecular weight is 339 g/mol. The van der Waals surface area contributed by atoms with Gasteiger partial charge in [-0.15, -0.1) is 0 Å². The standard InChI is InChI=1S/C17H21N7O/c1-18-17(25)15-4-7-24(21-15)13-3-2-6-22(11-13)12-14-9-20-16-10-19-5-8-23(14)16/h4-5,7-10,13H,2-3,6,11-12H2,1H3,(H,18,25)/t13-/m1/s1. The van der Waals surface area contributed by atoms with Crippen LogP contribution in [-0.4, -0.2) is 55.1 Å². The summed E-state index contributed by atoms with van der Waals surface area (Å²) in [6, 6.07) is 2.06. The first-order chi connectivity index (χ1) is 12.2. The Hall–Kier alpha value is -2.74. The highest BCUT2D eigenvalue weighted by Gasteiger charge is 2.23. The van der Waals surface area contributed by atoms with Crippen LogP contribution in [0.15, 0.2) is 37.1 Å². The van der Waals surface area contributed by atoms with E-state index in [4.69, 9.17) is 0 Å². The fourth-order valence-electron chi connectivity index (χ4n) is 3.42. The van der Waals surface area contributed by atoms with Gasteiger partial charge in [0.15, 0.2) is 5.65 Å². The van der Waals surface area contributed by atoms with Crippen molar-refractivity contribution in [1.29, 1.82) is 0 Å². The molecule has 0 aromatic carbocycles. The largest absolute Gasteiger partial charge is 0.354 e. The molecule has 3 aromatic heterocycles. The van der Waals surface area contributed by atoms with Gasteiger partial charge in [-0.3, -0.25) is 23.8 Å². The summed E-state index contributed by atoms with van der Waals surface area (Å²) in [4.78, 5) is 22.6. The van der Waals surface area contributed by atoms with E-state index in [-0.39, 0.29) is 11.9 Å². The predicted molar refractivity (Wildman–Crippen MR) is 92.2 cm³/mol. The van der Waals surface area contributed by atoms with Crippen molar-refractivity contribution in [1.82, 2.24) is 34.4 Å². The van der Waals surface area contributed by atoms with E-state index in [0.717, 1.165) is 43.8 Å². The van der Waals surface area contributed by atoms with Gasteiger partial charge in [-0.2, -0.15) is 5.10 Å². The summed E-state index contributed by atoms with van der Waals surface area (Å²) in [5, 5.41) is 7.05. The lowest BCUT2D eigenvalue weighted by atomic mass is 10.1. The van der Waals surface area contributed by atoms with Crippen LogP contribution in [0.1, 0.15) is 35.1 Å². The Morgan fingerprint density at radius 2 is 2.28 bits per heavy atom. The van der Waals surface area contributed by atoms with Gasteiger partial charge >= 0.3 is 0 Å². The van der Waals surface area contributed by atoms with Crippen LogP contribution >= 0.6 is 0 Å². The van der Waals surface area contributed by atoms with Gasteiger partial charge in [-0.25, -0.2) is 4.98 Å². The van der Waals surface area contributed by atoms with Gasteiger partial charge in [-0.05, 0) is 25.5 Å². The summed E-state index contributed by atoms with van der Waals surface area (Å²) in [7, 11) is 1.62. The molecule has 3 aromatic rings. The number of aromatic nitrogens is 5. The summed E-state index contributed by atoms with van der Waals surface area (Å²) in [6.07, 6.45) is 11.5. The van der Waals surface area contributed by atoms with Crippen molar-refractivity contribution in [3.63, 3.8) is 0 Å². The number of fused-ring (bicyclic) bond motifs is 1. The second-order valence-electron chi connectivity index (χ2n) is 6.35. The summed E-state index contributed by atoms with van der Waals surface area (Å²) in [5.41, 5.74) is 2.49. The van der Waals surface area contributed by atoms with Crippen LogP contribution in [0.4, 0.5) is 0 Å². The van der Waals surface area contributed by atoms with Gasteiger partial charge in [0.1, 0.15) is 5.69 Å². The molecule has 25 heavy (non-hydrogen) atoms. The number of likely N-dealkylation sites (tertiary alicyclic amines) is 1. The molecule has 1 aliphatic heterocycles. The molecule has 1 saturated heterocycles. The second kappa shape index (κ2) is 6.64. The molecule has 1 amide bonds. The van der Waals surface area contributed by atoms with E-state index < -0.39 is 0 Å². The number of amides is 1. The van der Waals surface area contributed by atoms with E-state index in [9.17, 15) is 4.79 Å². The summed E-state index contributed by atoms with van der Waals surface area (Å²) in [6.45, 7) is 2.80. The van der Waals surface area contributed by atoms with Crippen molar-refractivity contribution in [3.05, 3.63) is 48.4 Å². The highest BCUT2D eigenvalue weighted by Crippen LogP contribution is 2.22. The molecular weight excluding hydrogens is 318 g/mol. The van der Waals surface area contributed by atoms with Gasteiger partial charge in [-0.1, -0.05) is 0 Å². The number of piperidine rings is 1. The maximum atomic E-state index is 11.7. The highest BCUT2D eigenvalue weighted by atomic mass is 16.1. The van der Waals surface area contributed by atoms with Gasteiger partial charge in [0.05, 0.1) is 24.1 Å². The van der Waals surface area contributed by atoms with Crippen LogP contribution in [0, 0.1) is 0 Å². The Balaban J connectivity index is 1.47. The monoisotopic (exact) mass is 339 g/mol. The molecule has 1 N–H and O–H groups in total. The molecule has 0 bridgehead atoms. The quantitative estimate of drug-likeness (QED) is 0.770. The first-order valence-electron chi connectivity index (χ1n) is 8.50. The van der Waals surface area contributed by atoms with E-state index in [1.807, 2.05) is 23.3 Å². The topological polar surface area (TPSA) is 80.4 Å². The number of imidazole rings is 1. The lowest BCUT2D eigenvalue weighted by Crippen LogP contribution is -2.36. The maximum absolute atomic E-state index is 11.7. The summed E-state index contributed by atoms with van der Waals surface area (Å²) < 4.78 is 4.00. The van der Waals surface area contributed by atoms with E-state index >= 15 is 0 Å². The minimum atomic E-state index is -0.147. The molecule has 1 fully saturated rings. The number of nitrogens with one attached hydrogen (secondary N) is 1. The summed E-state index contributed by atoms with van der Waals surface area (Å²) >= 11 is 0. The number of carbonyl (C=O) groups excluding carboxylic acids is 1. The zero-order valence-corrected chi connectivity index (χ0v) is 14.2.